The molecule has 6 nitrogen and oxygen atoms in total. The number of ether oxygens (including phenoxy) is 2. The van der Waals surface area contributed by atoms with Crippen LogP contribution in [0.1, 0.15) is 39.3 Å². The summed E-state index contributed by atoms with van der Waals surface area (Å²) in [7, 11) is 3.00. The monoisotopic (exact) mass is 416 g/mol. The number of para-hydroxylation sites is 1. The second-order valence-corrected chi connectivity index (χ2v) is 7.21. The Labute approximate surface area is 181 Å². The van der Waals surface area contributed by atoms with Crippen LogP contribution in [0.25, 0.3) is 5.70 Å². The van der Waals surface area contributed by atoms with Crippen molar-refractivity contribution in [3.8, 4) is 11.5 Å². The number of carbonyl (C=O) groups is 1. The van der Waals surface area contributed by atoms with Gasteiger partial charge >= 0.3 is 5.97 Å². The number of phenolic OH excluding ortho intramolecular Hbond substituents is 1. The lowest BCUT2D eigenvalue weighted by atomic mass is 9.97. The first kappa shape index (κ1) is 20.5. The van der Waals surface area contributed by atoms with Crippen LogP contribution in [0, 0.1) is 0 Å². The zero-order valence-corrected chi connectivity index (χ0v) is 17.3. The highest BCUT2D eigenvalue weighted by atomic mass is 16.5. The minimum absolute atomic E-state index is 0.225. The number of aromatic hydroxyl groups is 1. The normalized spacial score (nSPS) is 17.9. The number of hydrogen-bond donors (Lipinski definition) is 3. The van der Waals surface area contributed by atoms with Crippen LogP contribution in [-0.4, -0.2) is 25.3 Å². The molecule has 1 aliphatic rings. The molecule has 4 rings (SSSR count). The third kappa shape index (κ3) is 4.39. The van der Waals surface area contributed by atoms with Gasteiger partial charge in [-0.3, -0.25) is 5.32 Å². The molecule has 0 saturated carbocycles. The molecule has 0 saturated heterocycles. The molecule has 31 heavy (non-hydrogen) atoms. The van der Waals surface area contributed by atoms with Crippen LogP contribution in [0.15, 0.2) is 78.9 Å². The summed E-state index contributed by atoms with van der Waals surface area (Å²) in [6.45, 7) is 0. The number of nitrogens with one attached hydrogen (secondary N) is 2. The Bertz CT molecular complexity index is 1110. The van der Waals surface area contributed by atoms with Gasteiger partial charge in [-0.1, -0.05) is 42.5 Å². The van der Waals surface area contributed by atoms with E-state index in [0.717, 1.165) is 28.1 Å². The fraction of sp³-hybridized carbons (Fsp3) is 0.160. The molecule has 0 aromatic heterocycles. The van der Waals surface area contributed by atoms with Crippen molar-refractivity contribution in [2.45, 2.75) is 12.2 Å². The van der Waals surface area contributed by atoms with Crippen LogP contribution >= 0.6 is 0 Å². The van der Waals surface area contributed by atoms with Crippen molar-refractivity contribution in [3.05, 3.63) is 101 Å². The topological polar surface area (TPSA) is 79.8 Å². The molecular formula is C25H24N2O4. The van der Waals surface area contributed by atoms with Gasteiger partial charge in [0.1, 0.15) is 17.7 Å². The van der Waals surface area contributed by atoms with Crippen molar-refractivity contribution < 1.29 is 19.4 Å². The Morgan fingerprint density at radius 1 is 0.968 bits per heavy atom. The predicted molar refractivity (Wildman–Crippen MR) is 119 cm³/mol. The molecule has 0 radical (unpaired) electrons. The summed E-state index contributed by atoms with van der Waals surface area (Å²) in [6, 6.07) is 22.1. The summed E-state index contributed by atoms with van der Waals surface area (Å²) in [5.74, 6) is 0.611. The molecule has 0 fully saturated rings. The maximum Gasteiger partial charge on any atom is 0.337 e. The van der Waals surface area contributed by atoms with E-state index in [1.54, 1.807) is 31.4 Å². The van der Waals surface area contributed by atoms with Crippen LogP contribution in [0.2, 0.25) is 0 Å². The first-order valence-corrected chi connectivity index (χ1v) is 9.94. The molecule has 2 atom stereocenters. The van der Waals surface area contributed by atoms with E-state index in [1.807, 2.05) is 54.6 Å². The van der Waals surface area contributed by atoms with Gasteiger partial charge in [0.05, 0.1) is 25.8 Å². The molecule has 3 N–H and O–H groups in total. The minimum atomic E-state index is -0.375. The van der Waals surface area contributed by atoms with Gasteiger partial charge in [0.15, 0.2) is 0 Å². The minimum Gasteiger partial charge on any atom is -0.508 e. The van der Waals surface area contributed by atoms with Gasteiger partial charge in [-0.2, -0.15) is 0 Å². The highest BCUT2D eigenvalue weighted by Gasteiger charge is 2.25. The average molecular weight is 416 g/mol. The molecular weight excluding hydrogens is 392 g/mol. The maximum atomic E-state index is 11.8. The molecule has 0 aliphatic carbocycles. The van der Waals surface area contributed by atoms with E-state index in [-0.39, 0.29) is 23.9 Å². The summed E-state index contributed by atoms with van der Waals surface area (Å²) in [5, 5.41) is 17.5. The number of methoxy groups -OCH3 is 2. The van der Waals surface area contributed by atoms with Crippen molar-refractivity contribution in [1.82, 2.24) is 10.6 Å². The molecule has 2 unspecified atom stereocenters. The number of esters is 1. The Kier molecular flexibility index (Phi) is 5.91. The van der Waals surface area contributed by atoms with E-state index in [9.17, 15) is 9.90 Å². The summed E-state index contributed by atoms with van der Waals surface area (Å²) in [4.78, 5) is 11.8. The second kappa shape index (κ2) is 8.93. The smallest absolute Gasteiger partial charge is 0.337 e. The summed E-state index contributed by atoms with van der Waals surface area (Å²) in [5.41, 5.74) is 4.09. The first-order valence-electron chi connectivity index (χ1n) is 9.94. The summed E-state index contributed by atoms with van der Waals surface area (Å²) < 4.78 is 10.2. The number of carbonyl (C=O) groups excluding carboxylic acids is 1. The highest BCUT2D eigenvalue weighted by molar-refractivity contribution is 5.89. The lowest BCUT2D eigenvalue weighted by molar-refractivity contribution is 0.0600. The van der Waals surface area contributed by atoms with Gasteiger partial charge < -0.3 is 19.9 Å². The molecule has 0 amide bonds. The third-order valence-corrected chi connectivity index (χ3v) is 5.30. The molecule has 3 aromatic rings. The number of hydrogen-bond acceptors (Lipinski definition) is 6. The molecule has 1 aliphatic heterocycles. The molecule has 1 heterocycles. The van der Waals surface area contributed by atoms with Crippen molar-refractivity contribution in [2.75, 3.05) is 14.2 Å². The zero-order valence-electron chi connectivity index (χ0n) is 17.3. The second-order valence-electron chi connectivity index (χ2n) is 7.21. The van der Waals surface area contributed by atoms with Gasteiger partial charge in [-0.25, -0.2) is 4.79 Å². The highest BCUT2D eigenvalue weighted by Crippen LogP contribution is 2.33. The van der Waals surface area contributed by atoms with Gasteiger partial charge in [-0.15, -0.1) is 0 Å². The van der Waals surface area contributed by atoms with E-state index in [4.69, 9.17) is 9.47 Å². The Morgan fingerprint density at radius 2 is 1.74 bits per heavy atom. The van der Waals surface area contributed by atoms with Crippen LogP contribution in [-0.2, 0) is 4.74 Å². The number of rotatable bonds is 5. The van der Waals surface area contributed by atoms with E-state index in [1.165, 1.54) is 7.11 Å². The largest absolute Gasteiger partial charge is 0.508 e. The Balaban J connectivity index is 1.72. The third-order valence-electron chi connectivity index (χ3n) is 5.30. The van der Waals surface area contributed by atoms with Crippen LogP contribution in [0.5, 0.6) is 11.5 Å². The Hall–Kier alpha value is -3.77. The standard InChI is InChI=1S/C25H24N2O4/c1-30-19-7-5-6-18(14-19)21-15-22(20-8-3-4-9-23(20)28)27-24(26-21)16-10-12-17(13-11-16)25(29)31-2/h3-15,22,24,26-28H,1-2H3. The molecule has 0 bridgehead atoms. The van der Waals surface area contributed by atoms with Crippen molar-refractivity contribution in [2.24, 2.45) is 0 Å². The van der Waals surface area contributed by atoms with Crippen molar-refractivity contribution in [3.63, 3.8) is 0 Å². The number of phenols is 1. The van der Waals surface area contributed by atoms with Gasteiger partial charge in [0.2, 0.25) is 0 Å². The average Bonchev–Trinajstić information content (AvgIpc) is 2.83. The molecule has 6 heteroatoms. The van der Waals surface area contributed by atoms with Crippen LogP contribution in [0.4, 0.5) is 0 Å². The summed E-state index contributed by atoms with van der Waals surface area (Å²) in [6.07, 6.45) is 1.80. The lowest BCUT2D eigenvalue weighted by Crippen LogP contribution is -2.39. The van der Waals surface area contributed by atoms with Gasteiger partial charge in [-0.05, 0) is 42.0 Å². The van der Waals surface area contributed by atoms with Crippen LogP contribution < -0.4 is 15.4 Å². The number of benzene rings is 3. The quantitative estimate of drug-likeness (QED) is 0.542. The van der Waals surface area contributed by atoms with E-state index < -0.39 is 0 Å². The van der Waals surface area contributed by atoms with Crippen LogP contribution in [0.3, 0.4) is 0 Å². The molecule has 0 spiro atoms. The SMILES string of the molecule is COC(=O)c1ccc(C2NC(c3cccc(OC)c3)=CC(c3ccccc3O)N2)cc1. The van der Waals surface area contributed by atoms with E-state index >= 15 is 0 Å². The Morgan fingerprint density at radius 3 is 2.45 bits per heavy atom. The molecule has 158 valence electrons. The van der Waals surface area contributed by atoms with Gasteiger partial charge in [0, 0.05) is 16.8 Å². The lowest BCUT2D eigenvalue weighted by Gasteiger charge is -2.33. The summed E-state index contributed by atoms with van der Waals surface area (Å²) >= 11 is 0. The molecule has 3 aromatic carbocycles. The zero-order chi connectivity index (χ0) is 21.8. The van der Waals surface area contributed by atoms with Crippen molar-refractivity contribution >= 4 is 11.7 Å². The van der Waals surface area contributed by atoms with Gasteiger partial charge in [0.25, 0.3) is 0 Å². The van der Waals surface area contributed by atoms with E-state index in [0.29, 0.717) is 5.56 Å². The predicted octanol–water partition coefficient (Wildman–Crippen LogP) is 4.16. The fourth-order valence-electron chi connectivity index (χ4n) is 3.65. The first-order chi connectivity index (χ1) is 15.1. The van der Waals surface area contributed by atoms with E-state index in [2.05, 4.69) is 10.6 Å². The maximum absolute atomic E-state index is 11.8. The van der Waals surface area contributed by atoms with Crippen molar-refractivity contribution in [1.29, 1.82) is 0 Å². The fourth-order valence-corrected chi connectivity index (χ4v) is 3.65.